The van der Waals surface area contributed by atoms with E-state index in [9.17, 15) is 14.7 Å². The fourth-order valence-corrected chi connectivity index (χ4v) is 3.58. The molecule has 3 rings (SSSR count). The van der Waals surface area contributed by atoms with Gasteiger partial charge in [0, 0.05) is 11.6 Å². The number of aliphatic carboxylic acids is 1. The summed E-state index contributed by atoms with van der Waals surface area (Å²) in [7, 11) is 3.06. The number of carbonyl (C=O) groups excluding carboxylic acids is 1. The quantitative estimate of drug-likeness (QED) is 0.566. The normalized spacial score (nSPS) is 11.7. The second kappa shape index (κ2) is 9.78. The molecular formula is C24H25NO5. The molecule has 3 aromatic carbocycles. The first-order valence-electron chi connectivity index (χ1n) is 9.69. The van der Waals surface area contributed by atoms with Crippen molar-refractivity contribution in [3.63, 3.8) is 0 Å². The molecule has 0 bridgehead atoms. The van der Waals surface area contributed by atoms with E-state index in [1.54, 1.807) is 18.2 Å². The lowest BCUT2D eigenvalue weighted by molar-refractivity contribution is -0.137. The van der Waals surface area contributed by atoms with E-state index in [-0.39, 0.29) is 18.7 Å². The molecule has 156 valence electrons. The van der Waals surface area contributed by atoms with Gasteiger partial charge in [0.25, 0.3) is 0 Å². The topological polar surface area (TPSA) is 84.9 Å². The Bertz CT molecular complexity index is 1050. The minimum Gasteiger partial charge on any atom is -0.493 e. The maximum Gasteiger partial charge on any atom is 0.305 e. The van der Waals surface area contributed by atoms with E-state index < -0.39 is 12.0 Å². The molecule has 0 aliphatic carbocycles. The number of ether oxygens (including phenoxy) is 2. The van der Waals surface area contributed by atoms with Crippen LogP contribution in [0.4, 0.5) is 0 Å². The summed E-state index contributed by atoms with van der Waals surface area (Å²) < 4.78 is 10.6. The standard InChI is InChI=1S/C24H25NO5/c1-29-21-9-5-8-19(24(21)30-2)14-22(26)25-20(15-23(27)28)13-16-10-11-17-6-3-4-7-18(17)12-16/h3-12,20H,13-15H2,1-2H3,(H,25,26)(H,27,28)/t20-/m1/s1. The molecule has 6 nitrogen and oxygen atoms in total. The summed E-state index contributed by atoms with van der Waals surface area (Å²) in [4.78, 5) is 24.0. The zero-order valence-electron chi connectivity index (χ0n) is 17.1. The molecular weight excluding hydrogens is 382 g/mol. The Hall–Kier alpha value is -3.54. The predicted octanol–water partition coefficient (Wildman–Crippen LogP) is 3.60. The van der Waals surface area contributed by atoms with E-state index in [0.29, 0.717) is 23.5 Å². The number of para-hydroxylation sites is 1. The molecule has 3 aromatic rings. The minimum absolute atomic E-state index is 0.0637. The number of hydrogen-bond donors (Lipinski definition) is 2. The average molecular weight is 407 g/mol. The molecule has 2 N–H and O–H groups in total. The number of benzene rings is 3. The molecule has 0 heterocycles. The van der Waals surface area contributed by atoms with Crippen molar-refractivity contribution >= 4 is 22.6 Å². The Morgan fingerprint density at radius 1 is 0.967 bits per heavy atom. The van der Waals surface area contributed by atoms with Gasteiger partial charge in [-0.2, -0.15) is 0 Å². The van der Waals surface area contributed by atoms with Crippen LogP contribution in [0.3, 0.4) is 0 Å². The third-order valence-electron chi connectivity index (χ3n) is 4.92. The number of carbonyl (C=O) groups is 2. The van der Waals surface area contributed by atoms with Crippen molar-refractivity contribution in [1.82, 2.24) is 5.32 Å². The van der Waals surface area contributed by atoms with Crippen LogP contribution in [0.5, 0.6) is 11.5 Å². The summed E-state index contributed by atoms with van der Waals surface area (Å²) in [6.07, 6.45) is 0.333. The smallest absolute Gasteiger partial charge is 0.305 e. The highest BCUT2D eigenvalue weighted by Gasteiger charge is 2.19. The molecule has 1 amide bonds. The van der Waals surface area contributed by atoms with Gasteiger partial charge in [-0.15, -0.1) is 0 Å². The highest BCUT2D eigenvalue weighted by atomic mass is 16.5. The highest BCUT2D eigenvalue weighted by Crippen LogP contribution is 2.31. The van der Waals surface area contributed by atoms with E-state index in [0.717, 1.165) is 16.3 Å². The summed E-state index contributed by atoms with van der Waals surface area (Å²) >= 11 is 0. The summed E-state index contributed by atoms with van der Waals surface area (Å²) in [5.74, 6) is -0.186. The van der Waals surface area contributed by atoms with Gasteiger partial charge in [0.15, 0.2) is 11.5 Å². The van der Waals surface area contributed by atoms with Crippen LogP contribution >= 0.6 is 0 Å². The molecule has 0 aromatic heterocycles. The first kappa shape index (κ1) is 21.2. The van der Waals surface area contributed by atoms with Crippen molar-refractivity contribution < 1.29 is 24.2 Å². The van der Waals surface area contributed by atoms with Gasteiger partial charge in [-0.3, -0.25) is 9.59 Å². The number of hydrogen-bond acceptors (Lipinski definition) is 4. The van der Waals surface area contributed by atoms with Crippen LogP contribution in [0.2, 0.25) is 0 Å². The van der Waals surface area contributed by atoms with Crippen LogP contribution in [0.25, 0.3) is 10.8 Å². The maximum atomic E-state index is 12.7. The second-order valence-corrected chi connectivity index (χ2v) is 7.08. The van der Waals surface area contributed by atoms with Crippen molar-refractivity contribution in [3.8, 4) is 11.5 Å². The van der Waals surface area contributed by atoms with Gasteiger partial charge in [0.2, 0.25) is 5.91 Å². The van der Waals surface area contributed by atoms with Crippen LogP contribution in [-0.4, -0.2) is 37.2 Å². The van der Waals surface area contributed by atoms with Crippen LogP contribution < -0.4 is 14.8 Å². The fourth-order valence-electron chi connectivity index (χ4n) is 3.58. The Labute approximate surface area is 175 Å². The van der Waals surface area contributed by atoms with Gasteiger partial charge in [-0.05, 0) is 28.8 Å². The third kappa shape index (κ3) is 5.29. The molecule has 6 heteroatoms. The summed E-state index contributed by atoms with van der Waals surface area (Å²) in [5, 5.41) is 14.4. The lowest BCUT2D eigenvalue weighted by Gasteiger charge is -2.18. The highest BCUT2D eigenvalue weighted by molar-refractivity contribution is 5.83. The van der Waals surface area contributed by atoms with Crippen molar-refractivity contribution in [2.24, 2.45) is 0 Å². The van der Waals surface area contributed by atoms with Crippen LogP contribution in [0, 0.1) is 0 Å². The van der Waals surface area contributed by atoms with Crippen LogP contribution in [0.1, 0.15) is 17.5 Å². The molecule has 0 spiro atoms. The van der Waals surface area contributed by atoms with Gasteiger partial charge in [0.05, 0.1) is 27.1 Å². The first-order chi connectivity index (χ1) is 14.5. The minimum atomic E-state index is -0.958. The molecule has 1 atom stereocenters. The Kier molecular flexibility index (Phi) is 6.91. The molecule has 0 unspecified atom stereocenters. The van der Waals surface area contributed by atoms with E-state index >= 15 is 0 Å². The number of carboxylic acids is 1. The Morgan fingerprint density at radius 2 is 1.73 bits per heavy atom. The van der Waals surface area contributed by atoms with Gasteiger partial charge in [0.1, 0.15) is 0 Å². The van der Waals surface area contributed by atoms with Gasteiger partial charge in [-0.25, -0.2) is 0 Å². The molecule has 0 saturated heterocycles. The largest absolute Gasteiger partial charge is 0.493 e. The third-order valence-corrected chi connectivity index (χ3v) is 4.92. The first-order valence-corrected chi connectivity index (χ1v) is 9.69. The van der Waals surface area contributed by atoms with Gasteiger partial charge < -0.3 is 19.9 Å². The summed E-state index contributed by atoms with van der Waals surface area (Å²) in [6, 6.07) is 18.8. The van der Waals surface area contributed by atoms with Crippen molar-refractivity contribution in [2.45, 2.75) is 25.3 Å². The molecule has 0 aliphatic rings. The number of methoxy groups -OCH3 is 2. The number of amides is 1. The van der Waals surface area contributed by atoms with Crippen molar-refractivity contribution in [2.75, 3.05) is 14.2 Å². The monoisotopic (exact) mass is 407 g/mol. The molecule has 30 heavy (non-hydrogen) atoms. The van der Waals surface area contributed by atoms with E-state index in [1.807, 2.05) is 42.5 Å². The Morgan fingerprint density at radius 3 is 2.43 bits per heavy atom. The lowest BCUT2D eigenvalue weighted by Crippen LogP contribution is -2.39. The fraction of sp³-hybridized carbons (Fsp3) is 0.250. The van der Waals surface area contributed by atoms with E-state index in [4.69, 9.17) is 9.47 Å². The number of fused-ring (bicyclic) bond motifs is 1. The molecule has 0 fully saturated rings. The Balaban J connectivity index is 1.74. The van der Waals surface area contributed by atoms with E-state index in [1.165, 1.54) is 14.2 Å². The second-order valence-electron chi connectivity index (χ2n) is 7.08. The number of rotatable bonds is 9. The SMILES string of the molecule is COc1cccc(CC(=O)N[C@@H](CC(=O)O)Cc2ccc3ccccc3c2)c1OC. The maximum absolute atomic E-state index is 12.7. The molecule has 0 radical (unpaired) electrons. The van der Waals surface area contributed by atoms with Crippen LogP contribution in [-0.2, 0) is 22.4 Å². The lowest BCUT2D eigenvalue weighted by atomic mass is 9.99. The van der Waals surface area contributed by atoms with Crippen molar-refractivity contribution in [1.29, 1.82) is 0 Å². The summed E-state index contributed by atoms with van der Waals surface area (Å²) in [6.45, 7) is 0. The zero-order valence-corrected chi connectivity index (χ0v) is 17.1. The summed E-state index contributed by atoms with van der Waals surface area (Å²) in [5.41, 5.74) is 1.65. The van der Waals surface area contributed by atoms with Crippen molar-refractivity contribution in [3.05, 3.63) is 71.8 Å². The van der Waals surface area contributed by atoms with E-state index in [2.05, 4.69) is 5.32 Å². The molecule has 0 saturated carbocycles. The van der Waals surface area contributed by atoms with Crippen LogP contribution in [0.15, 0.2) is 60.7 Å². The molecule has 0 aliphatic heterocycles. The number of carboxylic acid groups (broad SMARTS) is 1. The van der Waals surface area contributed by atoms with Gasteiger partial charge in [-0.1, -0.05) is 54.6 Å². The predicted molar refractivity (Wildman–Crippen MR) is 115 cm³/mol. The van der Waals surface area contributed by atoms with Gasteiger partial charge >= 0.3 is 5.97 Å². The average Bonchev–Trinajstić information content (AvgIpc) is 2.72. The number of nitrogens with one attached hydrogen (secondary N) is 1. The zero-order chi connectivity index (χ0) is 21.5.